The predicted octanol–water partition coefficient (Wildman–Crippen LogP) is 3.06. The van der Waals surface area contributed by atoms with E-state index in [9.17, 15) is 9.59 Å². The van der Waals surface area contributed by atoms with E-state index in [1.807, 2.05) is 27.7 Å². The van der Waals surface area contributed by atoms with Crippen molar-refractivity contribution in [3.05, 3.63) is 35.4 Å². The van der Waals surface area contributed by atoms with E-state index in [-0.39, 0.29) is 12.0 Å². The van der Waals surface area contributed by atoms with Gasteiger partial charge in [0.15, 0.2) is 0 Å². The maximum absolute atomic E-state index is 10.6. The zero-order valence-electron chi connectivity index (χ0n) is 10.7. The normalized spacial score (nSPS) is 8.00. The van der Waals surface area contributed by atoms with E-state index in [0.29, 0.717) is 5.56 Å². The zero-order valence-corrected chi connectivity index (χ0v) is 10.7. The van der Waals surface area contributed by atoms with Crippen molar-refractivity contribution in [2.45, 2.75) is 34.1 Å². The van der Waals surface area contributed by atoms with Crippen molar-refractivity contribution in [1.82, 2.24) is 0 Å². The summed E-state index contributed by atoms with van der Waals surface area (Å²) in [6, 6.07) is 6.07. The van der Waals surface area contributed by atoms with E-state index in [1.165, 1.54) is 12.1 Å². The van der Waals surface area contributed by atoms with Crippen LogP contribution in [0.5, 0.6) is 0 Å². The summed E-state index contributed by atoms with van der Waals surface area (Å²) >= 11 is 0. The number of hydrogen-bond acceptors (Lipinski definition) is 2. The highest BCUT2D eigenvalue weighted by atomic mass is 16.4. The Hall–Kier alpha value is -1.84. The monoisotopic (exact) mass is 240 g/mol. The Morgan fingerprint density at radius 2 is 1.47 bits per heavy atom. The highest BCUT2D eigenvalue weighted by molar-refractivity contribution is 5.90. The molecule has 0 spiro atoms. The third kappa shape index (κ3) is 7.11. The predicted molar refractivity (Wildman–Crippen MR) is 67.4 cm³/mol. The van der Waals surface area contributed by atoms with E-state index in [1.54, 1.807) is 12.1 Å². The van der Waals surface area contributed by atoms with Crippen molar-refractivity contribution in [2.24, 2.45) is 0 Å². The molecule has 0 fully saturated rings. The fourth-order valence-electron chi connectivity index (χ4n) is 1.05. The molecule has 0 radical (unpaired) electrons. The molecule has 4 heteroatoms. The van der Waals surface area contributed by atoms with Gasteiger partial charge in [-0.25, -0.2) is 4.79 Å². The maximum atomic E-state index is 10.6. The van der Waals surface area contributed by atoms with Gasteiger partial charge in [-0.3, -0.25) is 4.79 Å². The fraction of sp³-hybridized carbons (Fsp3) is 0.385. The Bertz CT molecular complexity index is 345. The highest BCUT2D eigenvalue weighted by Crippen LogP contribution is 2.09. The molecule has 0 aliphatic heterocycles. The molecule has 0 bridgehead atoms. The molecule has 0 aromatic heterocycles. The third-order valence-electron chi connectivity index (χ3n) is 1.59. The number of carboxylic acids is 2. The first kappa shape index (κ1) is 17.6. The van der Waals surface area contributed by atoms with Crippen LogP contribution in [-0.4, -0.2) is 22.2 Å². The Balaban J connectivity index is 0. The average molecular weight is 240 g/mol. The first-order valence-corrected chi connectivity index (χ1v) is 5.64. The smallest absolute Gasteiger partial charge is 0.335 e. The van der Waals surface area contributed by atoms with Gasteiger partial charge in [-0.05, 0) is 11.6 Å². The lowest BCUT2D eigenvalue weighted by Crippen LogP contribution is -2.07. The van der Waals surface area contributed by atoms with Crippen LogP contribution in [0, 0.1) is 0 Å². The van der Waals surface area contributed by atoms with Gasteiger partial charge in [0.2, 0.25) is 0 Å². The second kappa shape index (κ2) is 10.7. The van der Waals surface area contributed by atoms with Gasteiger partial charge < -0.3 is 10.2 Å². The summed E-state index contributed by atoms with van der Waals surface area (Å²) in [4.78, 5) is 21.0. The molecule has 0 amide bonds. The molecule has 4 nitrogen and oxygen atoms in total. The number of aliphatic carboxylic acids is 1. The van der Waals surface area contributed by atoms with Crippen LogP contribution in [0.15, 0.2) is 24.3 Å². The van der Waals surface area contributed by atoms with Gasteiger partial charge in [0.1, 0.15) is 0 Å². The molecule has 0 unspecified atom stereocenters. The molecule has 1 aromatic rings. The van der Waals surface area contributed by atoms with Crippen LogP contribution >= 0.6 is 0 Å². The molecule has 2 N–H and O–H groups in total. The zero-order chi connectivity index (χ0) is 13.8. The molecule has 1 aromatic carbocycles. The molecule has 17 heavy (non-hydrogen) atoms. The summed E-state index contributed by atoms with van der Waals surface area (Å²) in [7, 11) is 0. The fourth-order valence-corrected chi connectivity index (χ4v) is 1.05. The highest BCUT2D eigenvalue weighted by Gasteiger charge is 2.10. The number of hydrogen-bond donors (Lipinski definition) is 2. The van der Waals surface area contributed by atoms with Crippen LogP contribution < -0.4 is 0 Å². The van der Waals surface area contributed by atoms with Gasteiger partial charge >= 0.3 is 11.9 Å². The molecule has 0 saturated carbocycles. The van der Waals surface area contributed by atoms with E-state index < -0.39 is 11.9 Å². The first-order valence-electron chi connectivity index (χ1n) is 5.64. The number of benzene rings is 1. The number of aromatic carboxylic acids is 1. The Morgan fingerprint density at radius 3 is 1.88 bits per heavy atom. The number of carboxylic acid groups (broad SMARTS) is 2. The van der Waals surface area contributed by atoms with Crippen LogP contribution in [0.1, 0.15) is 43.6 Å². The minimum absolute atomic E-state index is 0.0462. The maximum Gasteiger partial charge on any atom is 0.335 e. The lowest BCUT2D eigenvalue weighted by molar-refractivity contribution is -0.136. The van der Waals surface area contributed by atoms with Gasteiger partial charge in [-0.15, -0.1) is 0 Å². The second-order valence-corrected chi connectivity index (χ2v) is 2.53. The van der Waals surface area contributed by atoms with Crippen molar-refractivity contribution in [3.8, 4) is 0 Å². The lowest BCUT2D eigenvalue weighted by Gasteiger charge is -2.01. The average Bonchev–Trinajstić information content (AvgIpc) is 2.34. The second-order valence-electron chi connectivity index (χ2n) is 2.53. The van der Waals surface area contributed by atoms with Crippen LogP contribution in [0.2, 0.25) is 0 Å². The molecule has 0 aliphatic rings. The van der Waals surface area contributed by atoms with E-state index in [2.05, 4.69) is 0 Å². The molecule has 0 aliphatic carbocycles. The number of carbonyl (C=O) groups is 2. The van der Waals surface area contributed by atoms with Crippen LogP contribution in [-0.2, 0) is 11.2 Å². The molecule has 96 valence electrons. The Morgan fingerprint density at radius 1 is 1.00 bits per heavy atom. The minimum atomic E-state index is -1.10. The van der Waals surface area contributed by atoms with Crippen molar-refractivity contribution < 1.29 is 19.8 Å². The van der Waals surface area contributed by atoms with Gasteiger partial charge in [0.25, 0.3) is 0 Å². The SMILES string of the molecule is CC.CC.O=C(O)Cc1ccccc1C(=O)O. The summed E-state index contributed by atoms with van der Waals surface area (Å²) in [5.41, 5.74) is 0.368. The number of rotatable bonds is 3. The van der Waals surface area contributed by atoms with Crippen molar-refractivity contribution in [3.63, 3.8) is 0 Å². The molecule has 0 atom stereocenters. The van der Waals surface area contributed by atoms with Gasteiger partial charge in [-0.2, -0.15) is 0 Å². The Labute approximate surface area is 102 Å². The van der Waals surface area contributed by atoms with Gasteiger partial charge in [0, 0.05) is 0 Å². The quantitative estimate of drug-likeness (QED) is 0.851. The van der Waals surface area contributed by atoms with Crippen molar-refractivity contribution in [1.29, 1.82) is 0 Å². The van der Waals surface area contributed by atoms with Gasteiger partial charge in [-0.1, -0.05) is 45.9 Å². The minimum Gasteiger partial charge on any atom is -0.481 e. The Kier molecular flexibility index (Phi) is 11.0. The third-order valence-corrected chi connectivity index (χ3v) is 1.59. The standard InChI is InChI=1S/C9H8O4.2C2H6/c10-8(11)5-6-3-1-2-4-7(6)9(12)13;2*1-2/h1-4H,5H2,(H,10,11)(H,12,13);2*1-2H3. The lowest BCUT2D eigenvalue weighted by atomic mass is 10.1. The summed E-state index contributed by atoms with van der Waals surface area (Å²) in [6.45, 7) is 8.00. The molecule has 0 saturated heterocycles. The van der Waals surface area contributed by atoms with Crippen LogP contribution in [0.3, 0.4) is 0 Å². The first-order chi connectivity index (χ1) is 8.11. The topological polar surface area (TPSA) is 74.6 Å². The van der Waals surface area contributed by atoms with Crippen LogP contribution in [0.25, 0.3) is 0 Å². The van der Waals surface area contributed by atoms with E-state index in [4.69, 9.17) is 10.2 Å². The summed E-state index contributed by atoms with van der Waals surface area (Å²) in [6.07, 6.45) is -0.261. The molecule has 0 heterocycles. The van der Waals surface area contributed by atoms with Crippen LogP contribution in [0.4, 0.5) is 0 Å². The molecular formula is C13H20O4. The molecule has 1 rings (SSSR count). The van der Waals surface area contributed by atoms with E-state index in [0.717, 1.165) is 0 Å². The van der Waals surface area contributed by atoms with Crippen molar-refractivity contribution >= 4 is 11.9 Å². The summed E-state index contributed by atoms with van der Waals surface area (Å²) in [5.74, 6) is -2.13. The van der Waals surface area contributed by atoms with Crippen molar-refractivity contribution in [2.75, 3.05) is 0 Å². The molecular weight excluding hydrogens is 220 g/mol. The summed E-state index contributed by atoms with van der Waals surface area (Å²) in [5, 5.41) is 17.2. The largest absolute Gasteiger partial charge is 0.481 e. The summed E-state index contributed by atoms with van der Waals surface area (Å²) < 4.78 is 0. The van der Waals surface area contributed by atoms with E-state index >= 15 is 0 Å². The van der Waals surface area contributed by atoms with Gasteiger partial charge in [0.05, 0.1) is 12.0 Å².